The van der Waals surface area contributed by atoms with Crippen molar-refractivity contribution in [2.24, 2.45) is 5.92 Å². The molecule has 218 valence electrons. The summed E-state index contributed by atoms with van der Waals surface area (Å²) in [7, 11) is 1.65. The average molecular weight is 570 g/mol. The van der Waals surface area contributed by atoms with E-state index in [-0.39, 0.29) is 17.5 Å². The third kappa shape index (κ3) is 7.62. The molecule has 41 heavy (non-hydrogen) atoms. The number of hydrogen-bond acceptors (Lipinski definition) is 5. The molecule has 0 aromatic heterocycles. The number of anilines is 4. The molecule has 3 N–H and O–H groups in total. The second kappa shape index (κ2) is 12.8. The van der Waals surface area contributed by atoms with Crippen LogP contribution in [0, 0.1) is 5.92 Å². The van der Waals surface area contributed by atoms with Gasteiger partial charge in [0.05, 0.1) is 23.9 Å². The highest BCUT2D eigenvalue weighted by molar-refractivity contribution is 6.04. The first-order valence-electron chi connectivity index (χ1n) is 13.4. The van der Waals surface area contributed by atoms with Crippen molar-refractivity contribution in [3.8, 4) is 5.75 Å². The van der Waals surface area contributed by atoms with Crippen LogP contribution in [0.4, 0.5) is 40.7 Å². The number of halogens is 3. The van der Waals surface area contributed by atoms with Gasteiger partial charge in [-0.2, -0.15) is 13.2 Å². The third-order valence-electron chi connectivity index (χ3n) is 6.66. The summed E-state index contributed by atoms with van der Waals surface area (Å²) in [6.45, 7) is 7.21. The molecule has 3 aromatic rings. The maximum atomic E-state index is 13.2. The first kappa shape index (κ1) is 29.6. The zero-order valence-corrected chi connectivity index (χ0v) is 23.2. The van der Waals surface area contributed by atoms with Crippen LogP contribution in [0.3, 0.4) is 0 Å². The first-order chi connectivity index (χ1) is 19.5. The van der Waals surface area contributed by atoms with E-state index in [1.807, 2.05) is 38.1 Å². The second-order valence-electron chi connectivity index (χ2n) is 10.1. The van der Waals surface area contributed by atoms with Crippen molar-refractivity contribution >= 4 is 34.7 Å². The molecule has 1 aliphatic heterocycles. The van der Waals surface area contributed by atoms with Crippen LogP contribution in [0.1, 0.15) is 29.8 Å². The first-order valence-corrected chi connectivity index (χ1v) is 13.4. The van der Waals surface area contributed by atoms with Crippen molar-refractivity contribution in [3.05, 3.63) is 77.9 Å². The van der Waals surface area contributed by atoms with Gasteiger partial charge < -0.3 is 30.5 Å². The number of piperazine rings is 1. The van der Waals surface area contributed by atoms with Crippen molar-refractivity contribution in [2.45, 2.75) is 20.0 Å². The van der Waals surface area contributed by atoms with Gasteiger partial charge >= 0.3 is 12.2 Å². The van der Waals surface area contributed by atoms with E-state index in [9.17, 15) is 22.8 Å². The fourth-order valence-corrected chi connectivity index (χ4v) is 4.61. The minimum atomic E-state index is -4.53. The Balaban J connectivity index is 1.50. The van der Waals surface area contributed by atoms with Gasteiger partial charge in [-0.3, -0.25) is 4.79 Å². The number of benzene rings is 3. The van der Waals surface area contributed by atoms with Crippen LogP contribution < -0.4 is 30.5 Å². The summed E-state index contributed by atoms with van der Waals surface area (Å²) >= 11 is 0. The molecule has 1 aliphatic rings. The molecule has 1 fully saturated rings. The highest BCUT2D eigenvalue weighted by Crippen LogP contribution is 2.32. The molecule has 3 aromatic carbocycles. The molecule has 11 heteroatoms. The predicted molar refractivity (Wildman–Crippen MR) is 155 cm³/mol. The van der Waals surface area contributed by atoms with Gasteiger partial charge in [0.1, 0.15) is 5.75 Å². The zero-order valence-electron chi connectivity index (χ0n) is 23.2. The quantitative estimate of drug-likeness (QED) is 0.307. The Morgan fingerprint density at radius 3 is 2.12 bits per heavy atom. The number of rotatable bonds is 8. The van der Waals surface area contributed by atoms with Crippen LogP contribution in [-0.4, -0.2) is 51.8 Å². The maximum absolute atomic E-state index is 13.2. The smallest absolute Gasteiger partial charge is 0.416 e. The molecule has 0 spiro atoms. The highest BCUT2D eigenvalue weighted by atomic mass is 19.4. The van der Waals surface area contributed by atoms with Crippen LogP contribution in [-0.2, 0) is 6.18 Å². The minimum Gasteiger partial charge on any atom is -0.495 e. The monoisotopic (exact) mass is 569 g/mol. The lowest BCUT2D eigenvalue weighted by Crippen LogP contribution is -2.47. The van der Waals surface area contributed by atoms with E-state index in [0.717, 1.165) is 29.3 Å². The molecule has 0 bridgehead atoms. The number of nitrogens with one attached hydrogen (secondary N) is 3. The number of alkyl halides is 3. The summed E-state index contributed by atoms with van der Waals surface area (Å²) in [5.74, 6) is 0.766. The molecular weight excluding hydrogens is 535 g/mol. The van der Waals surface area contributed by atoms with Crippen LogP contribution in [0.25, 0.3) is 0 Å². The van der Waals surface area contributed by atoms with Crippen LogP contribution in [0.5, 0.6) is 5.75 Å². The molecule has 0 saturated carbocycles. The molecule has 1 heterocycles. The number of amides is 3. The number of carbonyl (C=O) groups is 2. The van der Waals surface area contributed by atoms with E-state index < -0.39 is 17.8 Å². The van der Waals surface area contributed by atoms with E-state index >= 15 is 0 Å². The normalized spacial score (nSPS) is 13.6. The molecule has 0 unspecified atom stereocenters. The van der Waals surface area contributed by atoms with Gasteiger partial charge in [-0.05, 0) is 54.4 Å². The summed E-state index contributed by atoms with van der Waals surface area (Å²) in [5, 5.41) is 7.99. The number of carbonyl (C=O) groups excluding carboxylic acids is 2. The number of methoxy groups -OCH3 is 1. The lowest BCUT2D eigenvalue weighted by Gasteiger charge is -2.38. The summed E-state index contributed by atoms with van der Waals surface area (Å²) in [6, 6.07) is 16.5. The highest BCUT2D eigenvalue weighted by Gasteiger charge is 2.30. The molecular formula is C30H34F3N5O3. The van der Waals surface area contributed by atoms with Gasteiger partial charge in [0.15, 0.2) is 0 Å². The fraction of sp³-hybridized carbons (Fsp3) is 0.333. The van der Waals surface area contributed by atoms with Crippen molar-refractivity contribution in [3.63, 3.8) is 0 Å². The van der Waals surface area contributed by atoms with Crippen LogP contribution >= 0.6 is 0 Å². The third-order valence-corrected chi connectivity index (χ3v) is 6.66. The molecule has 1 saturated heterocycles. The van der Waals surface area contributed by atoms with Crippen molar-refractivity contribution in [1.29, 1.82) is 0 Å². The largest absolute Gasteiger partial charge is 0.495 e. The minimum absolute atomic E-state index is 0.00300. The topological polar surface area (TPSA) is 85.9 Å². The Kier molecular flexibility index (Phi) is 9.26. The maximum Gasteiger partial charge on any atom is 0.416 e. The Morgan fingerprint density at radius 1 is 0.854 bits per heavy atom. The van der Waals surface area contributed by atoms with E-state index in [1.54, 1.807) is 25.3 Å². The predicted octanol–water partition coefficient (Wildman–Crippen LogP) is 6.07. The standard InChI is InChI=1S/C30H34F3N5O3/c1-20(2)19-34-28(39)24-18-23(36-29(40)35-22-8-6-7-21(17-22)30(31,32)33)11-12-25(24)37-13-15-38(16-14-37)26-9-4-5-10-27(26)41-3/h4-12,17-18,20H,13-16,19H2,1-3H3,(H,34,39)(H2,35,36,40). The Labute approximate surface area is 237 Å². The number of urea groups is 1. The van der Waals surface area contributed by atoms with E-state index in [1.165, 1.54) is 12.1 Å². The van der Waals surface area contributed by atoms with Crippen LogP contribution in [0.2, 0.25) is 0 Å². The summed E-state index contributed by atoms with van der Waals surface area (Å²) in [6.07, 6.45) is -4.53. The number of hydrogen-bond donors (Lipinski definition) is 3. The Bertz CT molecular complexity index is 1370. The van der Waals surface area contributed by atoms with Gasteiger partial charge in [0.2, 0.25) is 0 Å². The molecule has 3 amide bonds. The molecule has 0 atom stereocenters. The Morgan fingerprint density at radius 2 is 1.49 bits per heavy atom. The lowest BCUT2D eigenvalue weighted by molar-refractivity contribution is -0.137. The SMILES string of the molecule is COc1ccccc1N1CCN(c2ccc(NC(=O)Nc3cccc(C(F)(F)F)c3)cc2C(=O)NCC(C)C)CC1. The van der Waals surface area contributed by atoms with Gasteiger partial charge in [-0.25, -0.2) is 4.79 Å². The fourth-order valence-electron chi connectivity index (χ4n) is 4.61. The molecule has 0 radical (unpaired) electrons. The summed E-state index contributed by atoms with van der Waals surface area (Å²) < 4.78 is 44.6. The van der Waals surface area contributed by atoms with Crippen molar-refractivity contribution in [1.82, 2.24) is 5.32 Å². The van der Waals surface area contributed by atoms with Gasteiger partial charge in [-0.15, -0.1) is 0 Å². The van der Waals surface area contributed by atoms with E-state index in [2.05, 4.69) is 25.8 Å². The number of para-hydroxylation sites is 2. The van der Waals surface area contributed by atoms with E-state index in [0.29, 0.717) is 44.0 Å². The van der Waals surface area contributed by atoms with Crippen molar-refractivity contribution in [2.75, 3.05) is 60.3 Å². The van der Waals surface area contributed by atoms with Gasteiger partial charge in [0, 0.05) is 49.8 Å². The average Bonchev–Trinajstić information content (AvgIpc) is 2.95. The second-order valence-corrected chi connectivity index (χ2v) is 10.1. The van der Waals surface area contributed by atoms with Crippen LogP contribution in [0.15, 0.2) is 66.7 Å². The number of ether oxygens (including phenoxy) is 1. The number of nitrogens with zero attached hydrogens (tertiary/aromatic N) is 2. The lowest BCUT2D eigenvalue weighted by atomic mass is 10.1. The van der Waals surface area contributed by atoms with Crippen molar-refractivity contribution < 1.29 is 27.5 Å². The Hall–Kier alpha value is -4.41. The summed E-state index contributed by atoms with van der Waals surface area (Å²) in [5.41, 5.74) is 1.60. The summed E-state index contributed by atoms with van der Waals surface area (Å²) in [4.78, 5) is 30.2. The van der Waals surface area contributed by atoms with Gasteiger partial charge in [-0.1, -0.05) is 32.0 Å². The molecule has 0 aliphatic carbocycles. The molecule has 4 rings (SSSR count). The van der Waals surface area contributed by atoms with E-state index in [4.69, 9.17) is 4.74 Å². The molecule has 8 nitrogen and oxygen atoms in total. The zero-order chi connectivity index (χ0) is 29.6. The van der Waals surface area contributed by atoms with Gasteiger partial charge in [0.25, 0.3) is 5.91 Å².